The van der Waals surface area contributed by atoms with E-state index < -0.39 is 0 Å². The van der Waals surface area contributed by atoms with Gasteiger partial charge in [-0.15, -0.1) is 0 Å². The lowest BCUT2D eigenvalue weighted by Crippen LogP contribution is -2.55. The van der Waals surface area contributed by atoms with E-state index >= 15 is 0 Å². The van der Waals surface area contributed by atoms with Crippen molar-refractivity contribution in [2.75, 3.05) is 51.0 Å². The van der Waals surface area contributed by atoms with Crippen LogP contribution in [0.1, 0.15) is 19.3 Å². The van der Waals surface area contributed by atoms with Crippen LogP contribution in [0.15, 0.2) is 12.1 Å². The van der Waals surface area contributed by atoms with Crippen LogP contribution in [0.4, 0.5) is 11.4 Å². The molecule has 1 aromatic rings. The molecular formula is C16H25N3O2. The average molecular weight is 291 g/mol. The molecular weight excluding hydrogens is 266 g/mol. The number of benzene rings is 1. The van der Waals surface area contributed by atoms with E-state index in [0.717, 1.165) is 36.8 Å². The van der Waals surface area contributed by atoms with Crippen molar-refractivity contribution in [1.82, 2.24) is 4.90 Å². The Morgan fingerprint density at radius 1 is 1.05 bits per heavy atom. The zero-order valence-corrected chi connectivity index (χ0v) is 13.0. The van der Waals surface area contributed by atoms with Gasteiger partial charge >= 0.3 is 0 Å². The molecule has 2 saturated heterocycles. The molecule has 0 aromatic heterocycles. The Morgan fingerprint density at radius 3 is 2.57 bits per heavy atom. The highest BCUT2D eigenvalue weighted by Crippen LogP contribution is 2.38. The second-order valence-corrected chi connectivity index (χ2v) is 5.90. The van der Waals surface area contributed by atoms with Crippen LogP contribution in [-0.2, 0) is 0 Å². The number of anilines is 2. The Labute approximate surface area is 126 Å². The quantitative estimate of drug-likeness (QED) is 0.863. The third-order valence-corrected chi connectivity index (χ3v) is 4.71. The molecule has 2 N–H and O–H groups in total. The van der Waals surface area contributed by atoms with Crippen molar-refractivity contribution >= 4 is 11.4 Å². The third-order valence-electron chi connectivity index (χ3n) is 4.71. The molecule has 116 valence electrons. The SMILES string of the molecule is COc1cc(N)c(N2CCN3CCCCC3C2)cc1OC. The van der Waals surface area contributed by atoms with Gasteiger partial charge in [0.05, 0.1) is 25.6 Å². The van der Waals surface area contributed by atoms with Crippen LogP contribution in [0.2, 0.25) is 0 Å². The van der Waals surface area contributed by atoms with Gasteiger partial charge in [-0.3, -0.25) is 4.90 Å². The average Bonchev–Trinajstić information content (AvgIpc) is 2.54. The molecule has 0 spiro atoms. The van der Waals surface area contributed by atoms with Crippen LogP contribution in [0, 0.1) is 0 Å². The lowest BCUT2D eigenvalue weighted by molar-refractivity contribution is 0.133. The van der Waals surface area contributed by atoms with Crippen molar-refractivity contribution in [3.05, 3.63) is 12.1 Å². The molecule has 2 heterocycles. The largest absolute Gasteiger partial charge is 0.493 e. The zero-order chi connectivity index (χ0) is 14.8. The molecule has 2 aliphatic rings. The molecule has 0 radical (unpaired) electrons. The molecule has 0 aliphatic carbocycles. The maximum Gasteiger partial charge on any atom is 0.162 e. The highest BCUT2D eigenvalue weighted by molar-refractivity contribution is 5.73. The molecule has 5 nitrogen and oxygen atoms in total. The minimum atomic E-state index is 0.667. The predicted octanol–water partition coefficient (Wildman–Crippen LogP) is 1.96. The number of rotatable bonds is 3. The van der Waals surface area contributed by atoms with Crippen molar-refractivity contribution in [3.8, 4) is 11.5 Å². The third kappa shape index (κ3) is 2.75. The number of fused-ring (bicyclic) bond motifs is 1. The number of hydrogen-bond donors (Lipinski definition) is 1. The van der Waals surface area contributed by atoms with E-state index in [9.17, 15) is 0 Å². The Balaban J connectivity index is 1.83. The second-order valence-electron chi connectivity index (χ2n) is 5.90. The Kier molecular flexibility index (Phi) is 4.10. The standard InChI is InChI=1S/C16H25N3O2/c1-20-15-9-13(17)14(10-16(15)21-2)19-8-7-18-6-4-3-5-12(18)11-19/h9-10,12H,3-8,11,17H2,1-2H3. The topological polar surface area (TPSA) is 51.0 Å². The Bertz CT molecular complexity index is 507. The minimum absolute atomic E-state index is 0.667. The summed E-state index contributed by atoms with van der Waals surface area (Å²) in [6, 6.07) is 4.54. The van der Waals surface area contributed by atoms with E-state index in [1.165, 1.54) is 25.8 Å². The predicted molar refractivity (Wildman–Crippen MR) is 85.4 cm³/mol. The molecule has 2 aliphatic heterocycles. The first-order chi connectivity index (χ1) is 10.2. The molecule has 0 bridgehead atoms. The Hall–Kier alpha value is -1.62. The van der Waals surface area contributed by atoms with Gasteiger partial charge in [0.1, 0.15) is 0 Å². The summed E-state index contributed by atoms with van der Waals surface area (Å²) in [5, 5.41) is 0. The lowest BCUT2D eigenvalue weighted by atomic mass is 9.99. The molecule has 1 aromatic carbocycles. The number of piperidine rings is 1. The highest BCUT2D eigenvalue weighted by atomic mass is 16.5. The zero-order valence-electron chi connectivity index (χ0n) is 13.0. The van der Waals surface area contributed by atoms with Crippen LogP contribution in [0.25, 0.3) is 0 Å². The summed E-state index contributed by atoms with van der Waals surface area (Å²) in [7, 11) is 3.30. The van der Waals surface area contributed by atoms with Crippen LogP contribution < -0.4 is 20.1 Å². The maximum atomic E-state index is 6.23. The highest BCUT2D eigenvalue weighted by Gasteiger charge is 2.30. The van der Waals surface area contributed by atoms with E-state index in [2.05, 4.69) is 9.80 Å². The fraction of sp³-hybridized carbons (Fsp3) is 0.625. The molecule has 5 heteroatoms. The van der Waals surface area contributed by atoms with Gasteiger partial charge in [0.15, 0.2) is 11.5 Å². The van der Waals surface area contributed by atoms with E-state index in [4.69, 9.17) is 15.2 Å². The minimum Gasteiger partial charge on any atom is -0.493 e. The normalized spacial score (nSPS) is 22.8. The Morgan fingerprint density at radius 2 is 1.81 bits per heavy atom. The van der Waals surface area contributed by atoms with Crippen LogP contribution >= 0.6 is 0 Å². The maximum absolute atomic E-state index is 6.23. The van der Waals surface area contributed by atoms with Crippen molar-refractivity contribution < 1.29 is 9.47 Å². The van der Waals surface area contributed by atoms with Gasteiger partial charge in [0, 0.05) is 37.8 Å². The molecule has 21 heavy (non-hydrogen) atoms. The van der Waals surface area contributed by atoms with E-state index in [1.807, 2.05) is 12.1 Å². The monoisotopic (exact) mass is 291 g/mol. The van der Waals surface area contributed by atoms with Gasteiger partial charge in [-0.1, -0.05) is 6.42 Å². The fourth-order valence-electron chi connectivity index (χ4n) is 3.53. The summed E-state index contributed by atoms with van der Waals surface area (Å²) in [6.45, 7) is 4.45. The molecule has 0 saturated carbocycles. The summed E-state index contributed by atoms with van der Waals surface area (Å²) < 4.78 is 10.7. The first-order valence-electron chi connectivity index (χ1n) is 7.73. The van der Waals surface area contributed by atoms with Gasteiger partial charge in [-0.05, 0) is 19.4 Å². The van der Waals surface area contributed by atoms with E-state index in [1.54, 1.807) is 14.2 Å². The molecule has 2 fully saturated rings. The second kappa shape index (κ2) is 6.02. The number of piperazine rings is 1. The van der Waals surface area contributed by atoms with Gasteiger partial charge in [0.2, 0.25) is 0 Å². The summed E-state index contributed by atoms with van der Waals surface area (Å²) in [6.07, 6.45) is 3.98. The first kappa shape index (κ1) is 14.3. The number of methoxy groups -OCH3 is 2. The van der Waals surface area contributed by atoms with Crippen LogP contribution in [0.3, 0.4) is 0 Å². The number of ether oxygens (including phenoxy) is 2. The van der Waals surface area contributed by atoms with Crippen molar-refractivity contribution in [2.24, 2.45) is 0 Å². The molecule has 1 unspecified atom stereocenters. The smallest absolute Gasteiger partial charge is 0.162 e. The first-order valence-corrected chi connectivity index (χ1v) is 7.73. The van der Waals surface area contributed by atoms with Crippen molar-refractivity contribution in [2.45, 2.75) is 25.3 Å². The number of nitrogen functional groups attached to an aromatic ring is 1. The van der Waals surface area contributed by atoms with Gasteiger partial charge in [0.25, 0.3) is 0 Å². The van der Waals surface area contributed by atoms with Gasteiger partial charge in [-0.25, -0.2) is 0 Å². The van der Waals surface area contributed by atoms with Gasteiger partial charge < -0.3 is 20.1 Å². The van der Waals surface area contributed by atoms with Crippen LogP contribution in [0.5, 0.6) is 11.5 Å². The van der Waals surface area contributed by atoms with Gasteiger partial charge in [-0.2, -0.15) is 0 Å². The number of nitrogens with two attached hydrogens (primary N) is 1. The summed E-state index contributed by atoms with van der Waals surface area (Å²) in [4.78, 5) is 5.01. The molecule has 1 atom stereocenters. The van der Waals surface area contributed by atoms with Crippen LogP contribution in [-0.4, -0.2) is 51.3 Å². The fourth-order valence-corrected chi connectivity index (χ4v) is 3.53. The summed E-state index contributed by atoms with van der Waals surface area (Å²) in [5.41, 5.74) is 8.06. The van der Waals surface area contributed by atoms with E-state index in [-0.39, 0.29) is 0 Å². The van der Waals surface area contributed by atoms with Crippen molar-refractivity contribution in [3.63, 3.8) is 0 Å². The van der Waals surface area contributed by atoms with E-state index in [0.29, 0.717) is 11.8 Å². The summed E-state index contributed by atoms with van der Waals surface area (Å²) in [5.74, 6) is 1.43. The molecule has 3 rings (SSSR count). The lowest BCUT2D eigenvalue weighted by Gasteiger charge is -2.45. The number of hydrogen-bond acceptors (Lipinski definition) is 5. The number of nitrogens with zero attached hydrogens (tertiary/aromatic N) is 2. The van der Waals surface area contributed by atoms with Crippen molar-refractivity contribution in [1.29, 1.82) is 0 Å². The molecule has 0 amide bonds. The summed E-state index contributed by atoms with van der Waals surface area (Å²) >= 11 is 0.